The fourth-order valence-corrected chi connectivity index (χ4v) is 3.54. The number of allylic oxidation sites excluding steroid dienone is 4. The highest BCUT2D eigenvalue weighted by Crippen LogP contribution is 2.40. The van der Waals surface area contributed by atoms with Crippen LogP contribution in [0.25, 0.3) is 0 Å². The minimum atomic E-state index is 0.0805. The van der Waals surface area contributed by atoms with Gasteiger partial charge < -0.3 is 0 Å². The molecule has 0 saturated heterocycles. The van der Waals surface area contributed by atoms with E-state index in [2.05, 4.69) is 58.3 Å². The second kappa shape index (κ2) is 9.68. The molecule has 0 radical (unpaired) electrons. The summed E-state index contributed by atoms with van der Waals surface area (Å²) in [6, 6.07) is 16.2. The van der Waals surface area contributed by atoms with Gasteiger partial charge >= 0.3 is 0 Å². The molecule has 1 aliphatic rings. The molecule has 0 unspecified atom stereocenters. The minimum absolute atomic E-state index is 0.0805. The van der Waals surface area contributed by atoms with Gasteiger partial charge in [-0.1, -0.05) is 79.8 Å². The van der Waals surface area contributed by atoms with E-state index in [-0.39, 0.29) is 11.2 Å². The number of carbonyl (C=O) groups excluding carboxylic acids is 1. The molecule has 0 N–H and O–H groups in total. The third-order valence-electron chi connectivity index (χ3n) is 5.77. The number of Topliss-reactive ketones (excluding diaryl/α,β-unsaturated/α-hetero) is 1. The van der Waals surface area contributed by atoms with E-state index < -0.39 is 0 Å². The predicted molar refractivity (Wildman–Crippen MR) is 129 cm³/mol. The smallest absolute Gasteiger partial charge is 0.186 e. The number of rotatable bonds is 0. The van der Waals surface area contributed by atoms with Crippen molar-refractivity contribution >= 4 is 5.78 Å². The van der Waals surface area contributed by atoms with Gasteiger partial charge in [0.15, 0.2) is 5.78 Å². The first kappa shape index (κ1) is 22.4. The van der Waals surface area contributed by atoms with Crippen molar-refractivity contribution < 1.29 is 4.79 Å². The van der Waals surface area contributed by atoms with E-state index in [0.29, 0.717) is 5.92 Å². The Balaban J connectivity index is 1.87. The van der Waals surface area contributed by atoms with Crippen LogP contribution in [0.5, 0.6) is 0 Å². The van der Waals surface area contributed by atoms with Crippen LogP contribution in [0.1, 0.15) is 55.9 Å². The summed E-state index contributed by atoms with van der Waals surface area (Å²) in [6.45, 7) is 10.8. The lowest BCUT2D eigenvalue weighted by Crippen LogP contribution is -2.29. The molecule has 1 fully saturated rings. The third kappa shape index (κ3) is 6.34. The van der Waals surface area contributed by atoms with Gasteiger partial charge in [-0.3, -0.25) is 4.79 Å². The summed E-state index contributed by atoms with van der Waals surface area (Å²) in [5.41, 5.74) is 6.01. The lowest BCUT2D eigenvalue weighted by atomic mass is 9.69. The SMILES string of the molecule is Cc1ccc(C#C/C=C2\CC(C(C)(C)C)C/C(=C\C#Cc3ccc(C)cc3)C2=O)cc1. The molecule has 1 nitrogen and oxygen atoms in total. The molecule has 1 saturated carbocycles. The molecule has 0 bridgehead atoms. The first-order valence-corrected chi connectivity index (χ1v) is 10.8. The van der Waals surface area contributed by atoms with Crippen molar-refractivity contribution in [1.29, 1.82) is 0 Å². The average Bonchev–Trinajstić information content (AvgIpc) is 2.72. The zero-order valence-electron chi connectivity index (χ0n) is 19.2. The summed E-state index contributed by atoms with van der Waals surface area (Å²) in [4.78, 5) is 13.1. The number of hydrogen-bond donors (Lipinski definition) is 0. The van der Waals surface area contributed by atoms with E-state index in [0.717, 1.165) is 35.1 Å². The Hall–Kier alpha value is -3.29. The maximum Gasteiger partial charge on any atom is 0.186 e. The summed E-state index contributed by atoms with van der Waals surface area (Å²) >= 11 is 0. The first-order valence-electron chi connectivity index (χ1n) is 10.8. The van der Waals surface area contributed by atoms with E-state index in [9.17, 15) is 4.79 Å². The van der Waals surface area contributed by atoms with E-state index in [1.54, 1.807) is 12.2 Å². The Morgan fingerprint density at radius 1 is 0.742 bits per heavy atom. The zero-order valence-corrected chi connectivity index (χ0v) is 19.2. The lowest BCUT2D eigenvalue weighted by Gasteiger charge is -2.35. The molecule has 0 heterocycles. The fourth-order valence-electron chi connectivity index (χ4n) is 3.54. The predicted octanol–water partition coefficient (Wildman–Crippen LogP) is 6.58. The Morgan fingerprint density at radius 3 is 1.48 bits per heavy atom. The highest BCUT2D eigenvalue weighted by molar-refractivity contribution is 6.09. The third-order valence-corrected chi connectivity index (χ3v) is 5.77. The van der Waals surface area contributed by atoms with Crippen molar-refractivity contribution in [2.45, 2.75) is 47.5 Å². The van der Waals surface area contributed by atoms with Crippen molar-refractivity contribution in [1.82, 2.24) is 0 Å². The van der Waals surface area contributed by atoms with Gasteiger partial charge in [-0.25, -0.2) is 0 Å². The Bertz CT molecular complexity index is 1040. The molecular formula is C30H30O. The van der Waals surface area contributed by atoms with Crippen LogP contribution in [0.15, 0.2) is 71.8 Å². The molecule has 3 rings (SSSR count). The molecule has 156 valence electrons. The zero-order chi connectivity index (χ0) is 22.4. The van der Waals surface area contributed by atoms with Crippen molar-refractivity contribution in [2.75, 3.05) is 0 Å². The van der Waals surface area contributed by atoms with Crippen LogP contribution in [0, 0.1) is 48.9 Å². The van der Waals surface area contributed by atoms with E-state index in [1.165, 1.54) is 11.1 Å². The van der Waals surface area contributed by atoms with Crippen molar-refractivity contribution in [3.8, 4) is 23.7 Å². The van der Waals surface area contributed by atoms with Crippen molar-refractivity contribution in [2.24, 2.45) is 11.3 Å². The second-order valence-electron chi connectivity index (χ2n) is 9.41. The van der Waals surface area contributed by atoms with Crippen LogP contribution in [0.3, 0.4) is 0 Å². The number of aryl methyl sites for hydroxylation is 2. The van der Waals surface area contributed by atoms with Gasteiger partial charge in [-0.05, 0) is 74.4 Å². The first-order chi connectivity index (χ1) is 14.7. The summed E-state index contributed by atoms with van der Waals surface area (Å²) in [7, 11) is 0. The van der Waals surface area contributed by atoms with Gasteiger partial charge in [0.05, 0.1) is 0 Å². The monoisotopic (exact) mass is 406 g/mol. The van der Waals surface area contributed by atoms with Crippen LogP contribution in [0.4, 0.5) is 0 Å². The molecule has 0 atom stereocenters. The Morgan fingerprint density at radius 2 is 1.13 bits per heavy atom. The number of hydrogen-bond acceptors (Lipinski definition) is 1. The Kier molecular flexibility index (Phi) is 6.99. The molecule has 1 heteroatoms. The molecule has 31 heavy (non-hydrogen) atoms. The van der Waals surface area contributed by atoms with Crippen LogP contribution in [0.2, 0.25) is 0 Å². The average molecular weight is 407 g/mol. The summed E-state index contributed by atoms with van der Waals surface area (Å²) in [5.74, 6) is 13.0. The second-order valence-corrected chi connectivity index (χ2v) is 9.41. The fraction of sp³-hybridized carbons (Fsp3) is 0.300. The number of carbonyl (C=O) groups is 1. The van der Waals surface area contributed by atoms with Crippen molar-refractivity contribution in [3.63, 3.8) is 0 Å². The molecule has 0 aliphatic heterocycles. The number of benzene rings is 2. The maximum atomic E-state index is 13.1. The Labute approximate surface area is 187 Å². The molecule has 0 spiro atoms. The van der Waals surface area contributed by atoms with Crippen LogP contribution in [-0.4, -0.2) is 5.78 Å². The van der Waals surface area contributed by atoms with E-state index in [1.807, 2.05) is 48.5 Å². The van der Waals surface area contributed by atoms with Gasteiger partial charge in [-0.15, -0.1) is 0 Å². The molecule has 1 aliphatic carbocycles. The van der Waals surface area contributed by atoms with Crippen molar-refractivity contribution in [3.05, 3.63) is 94.1 Å². The number of ketones is 1. The van der Waals surface area contributed by atoms with Gasteiger partial charge in [0.25, 0.3) is 0 Å². The van der Waals surface area contributed by atoms with Crippen LogP contribution in [-0.2, 0) is 4.79 Å². The topological polar surface area (TPSA) is 17.1 Å². The van der Waals surface area contributed by atoms with E-state index in [4.69, 9.17) is 0 Å². The van der Waals surface area contributed by atoms with Gasteiger partial charge in [-0.2, -0.15) is 0 Å². The molecule has 2 aromatic carbocycles. The summed E-state index contributed by atoms with van der Waals surface area (Å²) < 4.78 is 0. The standard InChI is InChI=1S/C30H30O/c1-22-12-16-24(17-13-22)8-6-10-26-20-28(30(3,4)5)21-27(29(26)31)11-7-9-25-18-14-23(2)15-19-25/h10-19,28H,20-21H2,1-5H3/b26-10+,27-11+. The lowest BCUT2D eigenvalue weighted by molar-refractivity contribution is -0.113. The molecule has 0 amide bonds. The highest BCUT2D eigenvalue weighted by Gasteiger charge is 2.34. The normalized spacial score (nSPS) is 18.9. The molecule has 0 aromatic heterocycles. The summed E-state index contributed by atoms with van der Waals surface area (Å²) in [6.07, 6.45) is 5.13. The molecule has 2 aromatic rings. The van der Waals surface area contributed by atoms with Gasteiger partial charge in [0.1, 0.15) is 0 Å². The largest absolute Gasteiger partial charge is 0.289 e. The minimum Gasteiger partial charge on any atom is -0.289 e. The van der Waals surface area contributed by atoms with E-state index >= 15 is 0 Å². The van der Waals surface area contributed by atoms with Crippen LogP contribution < -0.4 is 0 Å². The highest BCUT2D eigenvalue weighted by atomic mass is 16.1. The maximum absolute atomic E-state index is 13.1. The molecular weight excluding hydrogens is 376 g/mol. The quantitative estimate of drug-likeness (QED) is 0.356. The summed E-state index contributed by atoms with van der Waals surface area (Å²) in [5, 5.41) is 0. The van der Waals surface area contributed by atoms with Gasteiger partial charge in [0, 0.05) is 22.3 Å². The van der Waals surface area contributed by atoms with Crippen LogP contribution >= 0.6 is 0 Å². The van der Waals surface area contributed by atoms with Gasteiger partial charge in [0.2, 0.25) is 0 Å².